The second kappa shape index (κ2) is 8.23. The molecular formula is C20H23ClN2O3. The molecule has 0 aliphatic heterocycles. The van der Waals surface area contributed by atoms with Crippen molar-refractivity contribution >= 4 is 29.1 Å². The van der Waals surface area contributed by atoms with Gasteiger partial charge >= 0.3 is 0 Å². The zero-order valence-electron chi connectivity index (χ0n) is 15.4. The van der Waals surface area contributed by atoms with Crippen LogP contribution < -0.4 is 15.4 Å². The number of halogens is 1. The van der Waals surface area contributed by atoms with Gasteiger partial charge in [-0.2, -0.15) is 0 Å². The van der Waals surface area contributed by atoms with Crippen LogP contribution in [0.5, 0.6) is 5.75 Å². The Balaban J connectivity index is 1.91. The highest BCUT2D eigenvalue weighted by molar-refractivity contribution is 6.30. The summed E-state index contributed by atoms with van der Waals surface area (Å²) in [5.41, 5.74) is 1.69. The summed E-state index contributed by atoms with van der Waals surface area (Å²) in [6.45, 7) is 7.05. The molecule has 0 atom stereocenters. The minimum absolute atomic E-state index is 0.139. The first-order chi connectivity index (χ1) is 12.2. The molecule has 5 nitrogen and oxygen atoms in total. The molecule has 0 unspecified atom stereocenters. The Labute approximate surface area is 158 Å². The SMILES string of the molecule is Cc1cccc(NC(=O)CNC(=O)C(C)(C)Oc2ccc(Cl)cc2)c1C. The molecule has 26 heavy (non-hydrogen) atoms. The summed E-state index contributed by atoms with van der Waals surface area (Å²) in [7, 11) is 0. The second-order valence-corrected chi connectivity index (χ2v) is 6.98. The van der Waals surface area contributed by atoms with Gasteiger partial charge in [0, 0.05) is 10.7 Å². The van der Waals surface area contributed by atoms with Crippen molar-refractivity contribution in [1.82, 2.24) is 5.32 Å². The van der Waals surface area contributed by atoms with Crippen molar-refractivity contribution in [3.63, 3.8) is 0 Å². The maximum Gasteiger partial charge on any atom is 0.264 e. The molecule has 0 radical (unpaired) electrons. The van der Waals surface area contributed by atoms with Crippen molar-refractivity contribution < 1.29 is 14.3 Å². The monoisotopic (exact) mass is 374 g/mol. The van der Waals surface area contributed by atoms with Crippen molar-refractivity contribution in [2.45, 2.75) is 33.3 Å². The summed E-state index contributed by atoms with van der Waals surface area (Å²) in [5, 5.41) is 6.00. The van der Waals surface area contributed by atoms with Gasteiger partial charge in [-0.25, -0.2) is 0 Å². The van der Waals surface area contributed by atoms with E-state index >= 15 is 0 Å². The first-order valence-corrected chi connectivity index (χ1v) is 8.66. The number of carbonyl (C=O) groups excluding carboxylic acids is 2. The summed E-state index contributed by atoms with van der Waals surface area (Å²) >= 11 is 5.84. The van der Waals surface area contributed by atoms with E-state index in [-0.39, 0.29) is 18.4 Å². The van der Waals surface area contributed by atoms with Gasteiger partial charge in [-0.3, -0.25) is 9.59 Å². The quantitative estimate of drug-likeness (QED) is 0.806. The molecule has 2 N–H and O–H groups in total. The van der Waals surface area contributed by atoms with Gasteiger partial charge in [0.15, 0.2) is 5.60 Å². The number of amides is 2. The molecule has 0 spiro atoms. The minimum Gasteiger partial charge on any atom is -0.478 e. The lowest BCUT2D eigenvalue weighted by molar-refractivity contribution is -0.135. The molecule has 0 saturated carbocycles. The van der Waals surface area contributed by atoms with Crippen LogP contribution in [0.1, 0.15) is 25.0 Å². The fraction of sp³-hybridized carbons (Fsp3) is 0.300. The van der Waals surface area contributed by atoms with Crippen LogP contribution >= 0.6 is 11.6 Å². The number of nitrogens with one attached hydrogen (secondary N) is 2. The highest BCUT2D eigenvalue weighted by Crippen LogP contribution is 2.21. The van der Waals surface area contributed by atoms with Crippen molar-refractivity contribution in [3.8, 4) is 5.75 Å². The Morgan fingerprint density at radius 3 is 2.38 bits per heavy atom. The second-order valence-electron chi connectivity index (χ2n) is 6.54. The highest BCUT2D eigenvalue weighted by Gasteiger charge is 2.30. The molecule has 0 fully saturated rings. The van der Waals surface area contributed by atoms with Gasteiger partial charge in [0.2, 0.25) is 5.91 Å². The Morgan fingerprint density at radius 2 is 1.73 bits per heavy atom. The molecule has 0 aromatic heterocycles. The highest BCUT2D eigenvalue weighted by atomic mass is 35.5. The van der Waals surface area contributed by atoms with Gasteiger partial charge in [0.05, 0.1) is 6.54 Å². The van der Waals surface area contributed by atoms with Crippen LogP contribution in [-0.2, 0) is 9.59 Å². The molecule has 2 rings (SSSR count). The van der Waals surface area contributed by atoms with Crippen LogP contribution in [0.3, 0.4) is 0 Å². The molecule has 0 heterocycles. The number of benzene rings is 2. The predicted molar refractivity (Wildman–Crippen MR) is 104 cm³/mol. The van der Waals surface area contributed by atoms with Gasteiger partial charge in [0.1, 0.15) is 5.75 Å². The molecule has 0 aliphatic carbocycles. The van der Waals surface area contributed by atoms with E-state index in [0.717, 1.165) is 16.8 Å². The largest absolute Gasteiger partial charge is 0.478 e. The fourth-order valence-electron chi connectivity index (χ4n) is 2.30. The third-order valence-electron chi connectivity index (χ3n) is 4.02. The van der Waals surface area contributed by atoms with E-state index in [9.17, 15) is 9.59 Å². The number of ether oxygens (including phenoxy) is 1. The molecule has 2 aromatic rings. The molecule has 2 amide bonds. The van der Waals surface area contributed by atoms with Gasteiger partial charge in [-0.05, 0) is 69.2 Å². The smallest absolute Gasteiger partial charge is 0.264 e. The van der Waals surface area contributed by atoms with Crippen molar-refractivity contribution in [2.24, 2.45) is 0 Å². The van der Waals surface area contributed by atoms with Crippen LogP contribution in [0.15, 0.2) is 42.5 Å². The van der Waals surface area contributed by atoms with E-state index in [4.69, 9.17) is 16.3 Å². The van der Waals surface area contributed by atoms with Gasteiger partial charge < -0.3 is 15.4 Å². The third kappa shape index (κ3) is 5.23. The number of hydrogen-bond acceptors (Lipinski definition) is 3. The van der Waals surface area contributed by atoms with Crippen LogP contribution in [-0.4, -0.2) is 24.0 Å². The summed E-state index contributed by atoms with van der Waals surface area (Å²) in [5.74, 6) is -0.160. The van der Waals surface area contributed by atoms with Gasteiger partial charge in [-0.15, -0.1) is 0 Å². The Bertz CT molecular complexity index is 801. The minimum atomic E-state index is -1.13. The van der Waals surface area contributed by atoms with E-state index in [1.807, 2.05) is 32.0 Å². The lowest BCUT2D eigenvalue weighted by Crippen LogP contribution is -2.48. The average Bonchev–Trinajstić information content (AvgIpc) is 2.58. The number of carbonyl (C=O) groups is 2. The topological polar surface area (TPSA) is 67.4 Å². The normalized spacial score (nSPS) is 11.0. The molecule has 0 saturated heterocycles. The Morgan fingerprint density at radius 1 is 1.08 bits per heavy atom. The average molecular weight is 375 g/mol. The number of aryl methyl sites for hydroxylation is 1. The van der Waals surface area contributed by atoms with E-state index in [0.29, 0.717) is 10.8 Å². The first-order valence-electron chi connectivity index (χ1n) is 8.28. The van der Waals surface area contributed by atoms with Gasteiger partial charge in [0.25, 0.3) is 5.91 Å². The van der Waals surface area contributed by atoms with E-state index < -0.39 is 5.60 Å². The Kier molecular flexibility index (Phi) is 6.27. The maximum absolute atomic E-state index is 12.4. The van der Waals surface area contributed by atoms with E-state index in [1.54, 1.807) is 38.1 Å². The van der Waals surface area contributed by atoms with Crippen molar-refractivity contribution in [3.05, 3.63) is 58.6 Å². The molecular weight excluding hydrogens is 352 g/mol. The molecule has 0 bridgehead atoms. The third-order valence-corrected chi connectivity index (χ3v) is 4.27. The zero-order chi connectivity index (χ0) is 19.3. The number of rotatable bonds is 6. The van der Waals surface area contributed by atoms with E-state index in [1.165, 1.54) is 0 Å². The van der Waals surface area contributed by atoms with Crippen molar-refractivity contribution in [2.75, 3.05) is 11.9 Å². The summed E-state index contributed by atoms with van der Waals surface area (Å²) in [4.78, 5) is 24.5. The summed E-state index contributed by atoms with van der Waals surface area (Å²) in [6, 6.07) is 12.4. The van der Waals surface area contributed by atoms with Crippen LogP contribution in [0.4, 0.5) is 5.69 Å². The van der Waals surface area contributed by atoms with Crippen LogP contribution in [0.25, 0.3) is 0 Å². The maximum atomic E-state index is 12.4. The molecule has 6 heteroatoms. The number of anilines is 1. The van der Waals surface area contributed by atoms with Crippen LogP contribution in [0, 0.1) is 13.8 Å². The summed E-state index contributed by atoms with van der Waals surface area (Å²) in [6.07, 6.45) is 0. The van der Waals surface area contributed by atoms with Gasteiger partial charge in [-0.1, -0.05) is 23.7 Å². The van der Waals surface area contributed by atoms with E-state index in [2.05, 4.69) is 10.6 Å². The fourth-order valence-corrected chi connectivity index (χ4v) is 2.42. The molecule has 0 aliphatic rings. The number of hydrogen-bond donors (Lipinski definition) is 2. The molecule has 138 valence electrons. The lowest BCUT2D eigenvalue weighted by atomic mass is 10.1. The summed E-state index contributed by atoms with van der Waals surface area (Å²) < 4.78 is 5.70. The molecule has 2 aromatic carbocycles. The first kappa shape index (κ1) is 19.8. The zero-order valence-corrected chi connectivity index (χ0v) is 16.1. The lowest BCUT2D eigenvalue weighted by Gasteiger charge is -2.25. The predicted octanol–water partition coefficient (Wildman–Crippen LogP) is 3.87. The Hall–Kier alpha value is -2.53. The standard InChI is InChI=1S/C20H23ClN2O3/c1-13-6-5-7-17(14(13)2)23-18(24)12-22-19(25)20(3,4)26-16-10-8-15(21)9-11-16/h5-11H,12H2,1-4H3,(H,22,25)(H,23,24). The van der Waals surface area contributed by atoms with Crippen LogP contribution in [0.2, 0.25) is 5.02 Å². The van der Waals surface area contributed by atoms with Crippen molar-refractivity contribution in [1.29, 1.82) is 0 Å².